The number of allylic oxidation sites excluding steroid dienone is 1. The maximum atomic E-state index is 12.4. The zero-order valence-corrected chi connectivity index (χ0v) is 11.4. The highest BCUT2D eigenvalue weighted by Crippen LogP contribution is 2.31. The van der Waals surface area contributed by atoms with Gasteiger partial charge in [-0.3, -0.25) is 9.59 Å². The topological polar surface area (TPSA) is 56.5 Å². The van der Waals surface area contributed by atoms with Crippen molar-refractivity contribution in [2.75, 3.05) is 0 Å². The van der Waals surface area contributed by atoms with Crippen LogP contribution in [0.5, 0.6) is 5.75 Å². The van der Waals surface area contributed by atoms with Crippen LogP contribution in [0, 0.1) is 0 Å². The van der Waals surface area contributed by atoms with Crippen molar-refractivity contribution in [3.8, 4) is 5.75 Å². The van der Waals surface area contributed by atoms with E-state index in [9.17, 15) is 9.59 Å². The van der Waals surface area contributed by atoms with E-state index in [1.165, 1.54) is 12.3 Å². The van der Waals surface area contributed by atoms with Crippen LogP contribution in [0.1, 0.15) is 15.9 Å². The number of carbonyl (C=O) groups is 1. The minimum atomic E-state index is -0.233. The molecule has 0 spiro atoms. The van der Waals surface area contributed by atoms with Crippen LogP contribution < -0.4 is 10.2 Å². The molecule has 0 radical (unpaired) electrons. The molecule has 0 fully saturated rings. The molecule has 1 aliphatic heterocycles. The van der Waals surface area contributed by atoms with E-state index in [0.717, 1.165) is 0 Å². The number of ether oxygens (including phenoxy) is 1. The Balaban J connectivity index is 1.84. The Hall–Kier alpha value is -3.14. The maximum absolute atomic E-state index is 12.4. The molecule has 0 bridgehead atoms. The smallest absolute Gasteiger partial charge is 0.231 e. The first-order valence-electron chi connectivity index (χ1n) is 6.78. The molecule has 2 aromatic carbocycles. The van der Waals surface area contributed by atoms with E-state index in [4.69, 9.17) is 9.15 Å². The number of benzene rings is 2. The second kappa shape index (κ2) is 4.70. The number of Topliss-reactive ketones (excluding diaryl/α,β-unsaturated/α-hetero) is 1. The molecule has 4 nitrogen and oxygen atoms in total. The summed E-state index contributed by atoms with van der Waals surface area (Å²) < 4.78 is 11.0. The summed E-state index contributed by atoms with van der Waals surface area (Å²) in [5, 5.41) is 0.472. The normalized spacial score (nSPS) is 15.1. The first-order valence-corrected chi connectivity index (χ1v) is 6.78. The predicted octanol–water partition coefficient (Wildman–Crippen LogP) is 3.41. The van der Waals surface area contributed by atoms with Crippen LogP contribution in [-0.2, 0) is 0 Å². The Morgan fingerprint density at radius 1 is 0.909 bits per heavy atom. The van der Waals surface area contributed by atoms with Gasteiger partial charge in [-0.1, -0.05) is 24.3 Å². The molecule has 0 atom stereocenters. The SMILES string of the molecule is O=C1/C(=C\c2coc3ccccc3c2=O)Oc2ccccc21. The summed E-state index contributed by atoms with van der Waals surface area (Å²) in [6, 6.07) is 14.0. The van der Waals surface area contributed by atoms with Gasteiger partial charge in [0.2, 0.25) is 5.78 Å². The van der Waals surface area contributed by atoms with Gasteiger partial charge in [-0.05, 0) is 30.3 Å². The molecule has 4 heteroatoms. The lowest BCUT2D eigenvalue weighted by Crippen LogP contribution is -2.07. The van der Waals surface area contributed by atoms with E-state index in [1.807, 2.05) is 0 Å². The van der Waals surface area contributed by atoms with E-state index in [-0.39, 0.29) is 22.5 Å². The molecule has 1 aliphatic rings. The molecule has 0 saturated carbocycles. The maximum Gasteiger partial charge on any atom is 0.231 e. The standard InChI is InChI=1S/C18H10O4/c19-17-11(10-21-14-7-3-1-5-12(14)17)9-16-18(20)13-6-2-4-8-15(13)22-16/h1-10H/b16-9+. The van der Waals surface area contributed by atoms with Crippen molar-refractivity contribution in [2.24, 2.45) is 0 Å². The van der Waals surface area contributed by atoms with Gasteiger partial charge in [0, 0.05) is 0 Å². The Morgan fingerprint density at radius 3 is 2.55 bits per heavy atom. The van der Waals surface area contributed by atoms with Crippen LogP contribution in [0.25, 0.3) is 17.0 Å². The number of rotatable bonds is 1. The van der Waals surface area contributed by atoms with Crippen molar-refractivity contribution in [2.45, 2.75) is 0 Å². The van der Waals surface area contributed by atoms with Crippen molar-refractivity contribution in [1.29, 1.82) is 0 Å². The van der Waals surface area contributed by atoms with Crippen LogP contribution in [-0.4, -0.2) is 5.78 Å². The molecule has 1 aromatic heterocycles. The van der Waals surface area contributed by atoms with Crippen molar-refractivity contribution in [3.05, 3.63) is 81.9 Å². The van der Waals surface area contributed by atoms with Crippen LogP contribution in [0.15, 0.2) is 69.8 Å². The zero-order chi connectivity index (χ0) is 15.1. The van der Waals surface area contributed by atoms with Crippen molar-refractivity contribution in [3.63, 3.8) is 0 Å². The van der Waals surface area contributed by atoms with Crippen molar-refractivity contribution < 1.29 is 13.9 Å². The van der Waals surface area contributed by atoms with Crippen LogP contribution in [0.4, 0.5) is 0 Å². The quantitative estimate of drug-likeness (QED) is 0.644. The molecule has 4 rings (SSSR count). The summed E-state index contributed by atoms with van der Waals surface area (Å²) in [5.41, 5.74) is 1.10. The highest BCUT2D eigenvalue weighted by atomic mass is 16.5. The molecule has 106 valence electrons. The summed E-state index contributed by atoms with van der Waals surface area (Å²) in [6.45, 7) is 0. The third kappa shape index (κ3) is 1.85. The molecule has 0 amide bonds. The fraction of sp³-hybridized carbons (Fsp3) is 0. The van der Waals surface area contributed by atoms with Gasteiger partial charge in [0.05, 0.1) is 16.5 Å². The fourth-order valence-electron chi connectivity index (χ4n) is 2.47. The minimum Gasteiger partial charge on any atom is -0.463 e. The minimum absolute atomic E-state index is 0.129. The summed E-state index contributed by atoms with van der Waals surface area (Å²) in [5.74, 6) is 0.399. The lowest BCUT2D eigenvalue weighted by Gasteiger charge is -2.00. The average Bonchev–Trinajstić information content (AvgIpc) is 2.87. The van der Waals surface area contributed by atoms with Gasteiger partial charge in [0.25, 0.3) is 0 Å². The van der Waals surface area contributed by atoms with Gasteiger partial charge in [-0.2, -0.15) is 0 Å². The lowest BCUT2D eigenvalue weighted by molar-refractivity contribution is 0.101. The Labute approximate surface area is 125 Å². The largest absolute Gasteiger partial charge is 0.463 e. The molecule has 3 aromatic rings. The molecular weight excluding hydrogens is 280 g/mol. The fourth-order valence-corrected chi connectivity index (χ4v) is 2.47. The molecule has 0 aliphatic carbocycles. The summed E-state index contributed by atoms with van der Waals surface area (Å²) in [7, 11) is 0. The number of carbonyl (C=O) groups excluding carboxylic acids is 1. The summed E-state index contributed by atoms with van der Waals surface area (Å²) >= 11 is 0. The Morgan fingerprint density at radius 2 is 1.68 bits per heavy atom. The summed E-state index contributed by atoms with van der Waals surface area (Å²) in [4.78, 5) is 24.7. The van der Waals surface area contributed by atoms with Crippen LogP contribution >= 0.6 is 0 Å². The van der Waals surface area contributed by atoms with Gasteiger partial charge < -0.3 is 9.15 Å². The number of ketones is 1. The third-order valence-electron chi connectivity index (χ3n) is 3.57. The first-order chi connectivity index (χ1) is 10.7. The van der Waals surface area contributed by atoms with E-state index in [2.05, 4.69) is 0 Å². The third-order valence-corrected chi connectivity index (χ3v) is 3.57. The molecular formula is C18H10O4. The molecule has 22 heavy (non-hydrogen) atoms. The second-order valence-corrected chi connectivity index (χ2v) is 4.95. The molecule has 0 unspecified atom stereocenters. The van der Waals surface area contributed by atoms with Gasteiger partial charge in [-0.15, -0.1) is 0 Å². The Bertz CT molecular complexity index is 995. The van der Waals surface area contributed by atoms with E-state index in [1.54, 1.807) is 48.5 Å². The van der Waals surface area contributed by atoms with E-state index >= 15 is 0 Å². The average molecular weight is 290 g/mol. The number of hydrogen-bond acceptors (Lipinski definition) is 4. The highest BCUT2D eigenvalue weighted by Gasteiger charge is 2.26. The Kier molecular flexibility index (Phi) is 2.69. The number of fused-ring (bicyclic) bond motifs is 2. The number of hydrogen-bond donors (Lipinski definition) is 0. The monoisotopic (exact) mass is 290 g/mol. The van der Waals surface area contributed by atoms with Crippen molar-refractivity contribution >= 4 is 22.8 Å². The van der Waals surface area contributed by atoms with Crippen molar-refractivity contribution in [1.82, 2.24) is 0 Å². The highest BCUT2D eigenvalue weighted by molar-refractivity contribution is 6.14. The molecule has 0 saturated heterocycles. The first kappa shape index (κ1) is 12.6. The van der Waals surface area contributed by atoms with Gasteiger partial charge >= 0.3 is 0 Å². The molecule has 0 N–H and O–H groups in total. The van der Waals surface area contributed by atoms with E-state index in [0.29, 0.717) is 22.3 Å². The zero-order valence-electron chi connectivity index (χ0n) is 11.4. The molecule has 2 heterocycles. The van der Waals surface area contributed by atoms with Crippen LogP contribution in [0.3, 0.4) is 0 Å². The van der Waals surface area contributed by atoms with Crippen LogP contribution in [0.2, 0.25) is 0 Å². The summed E-state index contributed by atoms with van der Waals surface area (Å²) in [6.07, 6.45) is 2.78. The number of para-hydroxylation sites is 2. The van der Waals surface area contributed by atoms with Gasteiger partial charge in [0.1, 0.15) is 17.6 Å². The van der Waals surface area contributed by atoms with Gasteiger partial charge in [0.15, 0.2) is 11.2 Å². The van der Waals surface area contributed by atoms with E-state index < -0.39 is 0 Å². The lowest BCUT2D eigenvalue weighted by atomic mass is 10.1. The van der Waals surface area contributed by atoms with Gasteiger partial charge in [-0.25, -0.2) is 0 Å². The predicted molar refractivity (Wildman–Crippen MR) is 81.9 cm³/mol. The second-order valence-electron chi connectivity index (χ2n) is 4.95.